The third kappa shape index (κ3) is 5.56. The molecule has 2 aromatic heterocycles. The smallest absolute Gasteiger partial charge is 0.237 e. The van der Waals surface area contributed by atoms with Gasteiger partial charge in [-0.2, -0.15) is 0 Å². The maximum Gasteiger partial charge on any atom is 0.237 e. The number of primary amides is 1. The molecule has 176 valence electrons. The zero-order valence-corrected chi connectivity index (χ0v) is 19.5. The fourth-order valence-corrected chi connectivity index (χ4v) is 3.78. The molecule has 3 aromatic carbocycles. The number of aromatic nitrogens is 3. The van der Waals surface area contributed by atoms with Gasteiger partial charge in [-0.15, -0.1) is 0 Å². The summed E-state index contributed by atoms with van der Waals surface area (Å²) in [4.78, 5) is 32.7. The molecule has 0 saturated carbocycles. The molecule has 0 aliphatic heterocycles. The number of benzene rings is 3. The molecular weight excluding hydrogens is 468 g/mol. The van der Waals surface area contributed by atoms with Gasteiger partial charge in [-0.05, 0) is 59.7 Å². The number of rotatable bonds is 6. The highest BCUT2D eigenvalue weighted by Gasteiger charge is 2.15. The Hall–Kier alpha value is -4.43. The van der Waals surface area contributed by atoms with Crippen LogP contribution in [0.3, 0.4) is 0 Å². The lowest BCUT2D eigenvalue weighted by molar-refractivity contribution is -0.106. The molecule has 8 nitrogen and oxygen atoms in total. The number of nitrogens with zero attached hydrogens (tertiary/aromatic N) is 2. The Balaban J connectivity index is 0.000000917. The summed E-state index contributed by atoms with van der Waals surface area (Å²) in [6, 6.07) is 15.1. The molecule has 2 heterocycles. The lowest BCUT2D eigenvalue weighted by atomic mass is 10.1. The van der Waals surface area contributed by atoms with Crippen molar-refractivity contribution in [3.8, 4) is 17.4 Å². The predicted octanol–water partition coefficient (Wildman–Crippen LogP) is 5.23. The molecule has 5 rings (SSSR count). The third-order valence-electron chi connectivity index (χ3n) is 5.17. The second kappa shape index (κ2) is 10.7. The van der Waals surface area contributed by atoms with E-state index in [9.17, 15) is 4.79 Å². The number of halogens is 1. The van der Waals surface area contributed by atoms with Crippen molar-refractivity contribution in [2.45, 2.75) is 6.92 Å². The first-order valence-electron chi connectivity index (χ1n) is 10.5. The maximum absolute atomic E-state index is 12.9. The number of fused-ring (bicyclic) bond motifs is 2. The van der Waals surface area contributed by atoms with Crippen LogP contribution >= 0.6 is 11.6 Å². The van der Waals surface area contributed by atoms with E-state index in [1.54, 1.807) is 24.7 Å². The topological polar surface area (TPSA) is 120 Å². The molecule has 0 atom stereocenters. The van der Waals surface area contributed by atoms with E-state index >= 15 is 0 Å². The van der Waals surface area contributed by atoms with Crippen LogP contribution in [0.2, 0.25) is 5.02 Å². The van der Waals surface area contributed by atoms with E-state index in [1.165, 1.54) is 6.20 Å². The fraction of sp³-hybridized carbons (Fsp3) is 0.0769. The van der Waals surface area contributed by atoms with Gasteiger partial charge in [-0.25, -0.2) is 4.98 Å². The number of aryl methyl sites for hydroxylation is 1. The van der Waals surface area contributed by atoms with Gasteiger partial charge in [0.25, 0.3) is 0 Å². The molecule has 1 amide bonds. The molecule has 35 heavy (non-hydrogen) atoms. The number of carbonyl (C=O) groups excluding carboxylic acids is 2. The molecule has 0 radical (unpaired) electrons. The van der Waals surface area contributed by atoms with Gasteiger partial charge in [0.2, 0.25) is 18.1 Å². The minimum absolute atomic E-state index is 0.0647. The van der Waals surface area contributed by atoms with Crippen molar-refractivity contribution in [2.24, 2.45) is 5.73 Å². The lowest BCUT2D eigenvalue weighted by Gasteiger charge is -2.10. The first-order chi connectivity index (χ1) is 17.0. The molecule has 3 N–H and O–H groups in total. The minimum Gasteiger partial charge on any atom is -0.485 e. The van der Waals surface area contributed by atoms with Crippen LogP contribution in [0, 0.1) is 6.92 Å². The molecule has 0 spiro atoms. The van der Waals surface area contributed by atoms with Crippen molar-refractivity contribution in [1.82, 2.24) is 15.0 Å². The summed E-state index contributed by atoms with van der Waals surface area (Å²) in [6.07, 6.45) is 6.62. The molecular formula is C26H21ClN4O4. The van der Waals surface area contributed by atoms with Crippen LogP contribution in [0.25, 0.3) is 21.7 Å². The van der Waals surface area contributed by atoms with Gasteiger partial charge in [-0.3, -0.25) is 14.6 Å². The molecule has 0 bridgehead atoms. The quantitative estimate of drug-likeness (QED) is 0.249. The number of H-pyrrole nitrogens is 1. The first-order valence-corrected chi connectivity index (χ1v) is 10.9. The Bertz CT molecular complexity index is 1500. The van der Waals surface area contributed by atoms with Crippen molar-refractivity contribution >= 4 is 45.5 Å². The van der Waals surface area contributed by atoms with E-state index in [0.717, 1.165) is 27.2 Å². The maximum atomic E-state index is 12.9. The number of ketones is 1. The Morgan fingerprint density at radius 3 is 2.71 bits per heavy atom. The van der Waals surface area contributed by atoms with Crippen molar-refractivity contribution < 1.29 is 19.1 Å². The number of hydrogen-bond acceptors (Lipinski definition) is 6. The molecule has 0 unspecified atom stereocenters. The highest BCUT2D eigenvalue weighted by atomic mass is 35.5. The zero-order chi connectivity index (χ0) is 24.8. The number of Topliss-reactive ketones (excluding diaryl/α,β-unsaturated/α-hetero) is 1. The van der Waals surface area contributed by atoms with Crippen molar-refractivity contribution in [1.29, 1.82) is 0 Å². The van der Waals surface area contributed by atoms with Crippen LogP contribution in [0.15, 0.2) is 73.3 Å². The summed E-state index contributed by atoms with van der Waals surface area (Å²) >= 11 is 6.08. The van der Waals surface area contributed by atoms with Gasteiger partial charge in [0.1, 0.15) is 11.5 Å². The van der Waals surface area contributed by atoms with Crippen LogP contribution in [0.5, 0.6) is 17.4 Å². The van der Waals surface area contributed by atoms with E-state index in [0.29, 0.717) is 28.0 Å². The normalized spacial score (nSPS) is 10.5. The largest absolute Gasteiger partial charge is 0.485 e. The number of ether oxygens (including phenoxy) is 2. The molecule has 0 aliphatic rings. The van der Waals surface area contributed by atoms with Crippen molar-refractivity contribution in [3.63, 3.8) is 0 Å². The van der Waals surface area contributed by atoms with Gasteiger partial charge >= 0.3 is 0 Å². The summed E-state index contributed by atoms with van der Waals surface area (Å²) in [7, 11) is 0. The summed E-state index contributed by atoms with van der Waals surface area (Å²) < 4.78 is 11.6. The van der Waals surface area contributed by atoms with Crippen LogP contribution in [0.1, 0.15) is 15.9 Å². The monoisotopic (exact) mass is 488 g/mol. The van der Waals surface area contributed by atoms with E-state index in [-0.39, 0.29) is 18.8 Å². The van der Waals surface area contributed by atoms with Gasteiger partial charge in [0.05, 0.1) is 6.20 Å². The first kappa shape index (κ1) is 23.7. The van der Waals surface area contributed by atoms with Crippen LogP contribution in [-0.4, -0.2) is 33.8 Å². The van der Waals surface area contributed by atoms with E-state index < -0.39 is 0 Å². The standard InChI is InChI=1S/C25H18ClN3O3.CH3NO/c1-15-8-17-9-18(26)3-2-16(17)10-24(15)31-14-23(30)21-12-29-22-11-19(4-5-20(21)22)32-25-13-27-6-7-28-25;2-1-3/h2-13,29H,14H2,1H3;1H,(H2,2,3). The van der Waals surface area contributed by atoms with Crippen molar-refractivity contribution in [2.75, 3.05) is 6.61 Å². The summed E-state index contributed by atoms with van der Waals surface area (Å²) in [5.74, 6) is 1.56. The minimum atomic E-state index is -0.116. The van der Waals surface area contributed by atoms with E-state index in [4.69, 9.17) is 25.9 Å². The molecule has 9 heteroatoms. The highest BCUT2D eigenvalue weighted by molar-refractivity contribution is 6.31. The number of carbonyl (C=O) groups is 2. The average Bonchev–Trinajstić information content (AvgIpc) is 3.27. The molecule has 0 fully saturated rings. The second-order valence-corrected chi connectivity index (χ2v) is 7.95. The highest BCUT2D eigenvalue weighted by Crippen LogP contribution is 2.29. The molecule has 0 aliphatic carbocycles. The Morgan fingerprint density at radius 2 is 1.94 bits per heavy atom. The van der Waals surface area contributed by atoms with Gasteiger partial charge < -0.3 is 20.2 Å². The van der Waals surface area contributed by atoms with Gasteiger partial charge in [0.15, 0.2) is 6.61 Å². The fourth-order valence-electron chi connectivity index (χ4n) is 3.60. The van der Waals surface area contributed by atoms with Crippen LogP contribution < -0.4 is 15.2 Å². The Labute approximate surface area is 205 Å². The number of aromatic amines is 1. The van der Waals surface area contributed by atoms with E-state index in [1.807, 2.05) is 49.4 Å². The molecule has 5 aromatic rings. The van der Waals surface area contributed by atoms with Crippen LogP contribution in [-0.2, 0) is 4.79 Å². The lowest BCUT2D eigenvalue weighted by Crippen LogP contribution is -2.11. The van der Waals surface area contributed by atoms with Crippen molar-refractivity contribution in [3.05, 3.63) is 89.5 Å². The number of hydrogen-bond donors (Lipinski definition) is 2. The van der Waals surface area contributed by atoms with E-state index in [2.05, 4.69) is 20.7 Å². The number of amides is 1. The third-order valence-corrected chi connectivity index (χ3v) is 5.41. The second-order valence-electron chi connectivity index (χ2n) is 7.51. The predicted molar refractivity (Wildman–Crippen MR) is 134 cm³/mol. The van der Waals surface area contributed by atoms with Gasteiger partial charge in [0, 0.05) is 46.1 Å². The molecule has 0 saturated heterocycles. The number of nitrogens with one attached hydrogen (secondary N) is 1. The van der Waals surface area contributed by atoms with Gasteiger partial charge in [-0.1, -0.05) is 17.7 Å². The number of nitrogens with two attached hydrogens (primary N) is 1. The summed E-state index contributed by atoms with van der Waals surface area (Å²) in [6.45, 7) is 1.88. The Morgan fingerprint density at radius 1 is 1.11 bits per heavy atom. The average molecular weight is 489 g/mol. The Kier molecular flexibility index (Phi) is 7.23. The summed E-state index contributed by atoms with van der Waals surface area (Å²) in [5, 5.41) is 3.52. The zero-order valence-electron chi connectivity index (χ0n) is 18.7. The SMILES string of the molecule is Cc1cc2cc(Cl)ccc2cc1OCC(=O)c1c[nH]c2cc(Oc3cnccn3)ccc12.NC=O. The summed E-state index contributed by atoms with van der Waals surface area (Å²) in [5.41, 5.74) is 6.46. The van der Waals surface area contributed by atoms with Crippen LogP contribution in [0.4, 0.5) is 0 Å².